The Labute approximate surface area is 120 Å². The molecule has 1 saturated heterocycles. The van der Waals surface area contributed by atoms with Crippen molar-refractivity contribution in [3.8, 4) is 5.75 Å². The summed E-state index contributed by atoms with van der Waals surface area (Å²) < 4.78 is 5.09. The minimum absolute atomic E-state index is 0.117. The van der Waals surface area contributed by atoms with Crippen molar-refractivity contribution in [2.24, 2.45) is 0 Å². The van der Waals surface area contributed by atoms with Crippen LogP contribution < -0.4 is 20.7 Å². The predicted octanol–water partition coefficient (Wildman–Crippen LogP) is 1.64. The number of carbonyl (C=O) groups excluding carboxylic acids is 1. The average Bonchev–Trinajstić information content (AvgIpc) is 2.52. The lowest BCUT2D eigenvalue weighted by atomic mass is 10.1. The van der Waals surface area contributed by atoms with E-state index in [9.17, 15) is 4.79 Å². The molecule has 5 heteroatoms. The van der Waals surface area contributed by atoms with Crippen molar-refractivity contribution in [2.45, 2.75) is 31.8 Å². The van der Waals surface area contributed by atoms with Gasteiger partial charge >= 0.3 is 6.03 Å². The van der Waals surface area contributed by atoms with Gasteiger partial charge in [0, 0.05) is 19.1 Å². The molecule has 3 N–H and O–H groups in total. The highest BCUT2D eigenvalue weighted by atomic mass is 16.5. The number of rotatable bonds is 5. The molecule has 1 unspecified atom stereocenters. The number of amides is 2. The van der Waals surface area contributed by atoms with Gasteiger partial charge in [0.05, 0.1) is 7.11 Å². The summed E-state index contributed by atoms with van der Waals surface area (Å²) in [5.41, 5.74) is 1.05. The van der Waals surface area contributed by atoms with E-state index in [4.69, 9.17) is 4.74 Å². The second-order valence-corrected chi connectivity index (χ2v) is 5.06. The van der Waals surface area contributed by atoms with Gasteiger partial charge in [-0.05, 0) is 37.1 Å². The number of methoxy groups -OCH3 is 1. The van der Waals surface area contributed by atoms with Gasteiger partial charge in [-0.2, -0.15) is 0 Å². The van der Waals surface area contributed by atoms with Crippen LogP contribution in [0.25, 0.3) is 0 Å². The Morgan fingerprint density at radius 3 is 2.75 bits per heavy atom. The van der Waals surface area contributed by atoms with Gasteiger partial charge in [0.2, 0.25) is 0 Å². The molecule has 0 saturated carbocycles. The van der Waals surface area contributed by atoms with Crippen molar-refractivity contribution in [2.75, 3.05) is 20.2 Å². The van der Waals surface area contributed by atoms with Gasteiger partial charge in [-0.3, -0.25) is 0 Å². The van der Waals surface area contributed by atoms with Crippen LogP contribution >= 0.6 is 0 Å². The fraction of sp³-hybridized carbons (Fsp3) is 0.533. The molecule has 1 aromatic rings. The van der Waals surface area contributed by atoms with E-state index in [1.807, 2.05) is 24.3 Å². The Morgan fingerprint density at radius 2 is 2.10 bits per heavy atom. The summed E-state index contributed by atoms with van der Waals surface area (Å²) in [6.07, 6.45) is 3.62. The maximum atomic E-state index is 11.7. The Balaban J connectivity index is 1.66. The topological polar surface area (TPSA) is 62.4 Å². The number of benzene rings is 1. The minimum atomic E-state index is -0.117. The predicted molar refractivity (Wildman–Crippen MR) is 78.9 cm³/mol. The highest BCUT2D eigenvalue weighted by Gasteiger charge is 2.12. The fourth-order valence-electron chi connectivity index (χ4n) is 2.30. The Hall–Kier alpha value is -1.75. The first-order valence-corrected chi connectivity index (χ1v) is 7.16. The lowest BCUT2D eigenvalue weighted by Crippen LogP contribution is -2.46. The molecule has 0 radical (unpaired) electrons. The molecule has 20 heavy (non-hydrogen) atoms. The van der Waals surface area contributed by atoms with Crippen LogP contribution in [0.15, 0.2) is 24.3 Å². The molecule has 1 aliphatic heterocycles. The number of carbonyl (C=O) groups is 1. The number of hydrogen-bond acceptors (Lipinski definition) is 3. The Kier molecular flexibility index (Phi) is 5.68. The molecule has 1 aromatic carbocycles. The molecule has 1 atom stereocenters. The van der Waals surface area contributed by atoms with Crippen molar-refractivity contribution < 1.29 is 9.53 Å². The van der Waals surface area contributed by atoms with Crippen LogP contribution in [0.1, 0.15) is 24.8 Å². The highest BCUT2D eigenvalue weighted by molar-refractivity contribution is 5.73. The van der Waals surface area contributed by atoms with E-state index in [2.05, 4.69) is 16.0 Å². The normalized spacial score (nSPS) is 18.4. The van der Waals surface area contributed by atoms with Crippen LogP contribution in [-0.2, 0) is 6.54 Å². The van der Waals surface area contributed by atoms with Crippen LogP contribution in [0.5, 0.6) is 5.75 Å². The summed E-state index contributed by atoms with van der Waals surface area (Å²) in [5, 5.41) is 9.17. The first-order valence-electron chi connectivity index (χ1n) is 7.16. The van der Waals surface area contributed by atoms with Gasteiger partial charge in [-0.1, -0.05) is 18.6 Å². The van der Waals surface area contributed by atoms with Crippen molar-refractivity contribution >= 4 is 6.03 Å². The first kappa shape index (κ1) is 14.7. The number of urea groups is 1. The SMILES string of the molecule is COc1ccc(CNC(=O)NCC2CCCCN2)cc1. The van der Waals surface area contributed by atoms with Crippen LogP contribution in [-0.4, -0.2) is 32.3 Å². The molecule has 2 amide bonds. The highest BCUT2D eigenvalue weighted by Crippen LogP contribution is 2.10. The van der Waals surface area contributed by atoms with Gasteiger partial charge in [-0.15, -0.1) is 0 Å². The molecule has 1 aliphatic rings. The van der Waals surface area contributed by atoms with Gasteiger partial charge in [-0.25, -0.2) is 4.79 Å². The number of nitrogens with one attached hydrogen (secondary N) is 3. The van der Waals surface area contributed by atoms with Crippen molar-refractivity contribution in [3.05, 3.63) is 29.8 Å². The van der Waals surface area contributed by atoms with Crippen LogP contribution in [0.2, 0.25) is 0 Å². The van der Waals surface area contributed by atoms with E-state index < -0.39 is 0 Å². The van der Waals surface area contributed by atoms with Crippen LogP contribution in [0.3, 0.4) is 0 Å². The third-order valence-corrected chi connectivity index (χ3v) is 3.53. The first-order chi connectivity index (χ1) is 9.78. The summed E-state index contributed by atoms with van der Waals surface area (Å²) in [6, 6.07) is 7.97. The van der Waals surface area contributed by atoms with Crippen molar-refractivity contribution in [1.82, 2.24) is 16.0 Å². The van der Waals surface area contributed by atoms with Gasteiger partial charge in [0.15, 0.2) is 0 Å². The average molecular weight is 277 g/mol. The van der Waals surface area contributed by atoms with Crippen LogP contribution in [0.4, 0.5) is 4.79 Å². The van der Waals surface area contributed by atoms with Gasteiger partial charge < -0.3 is 20.7 Å². The standard InChI is InChI=1S/C15H23N3O2/c1-20-14-7-5-12(6-8-14)10-17-15(19)18-11-13-4-2-3-9-16-13/h5-8,13,16H,2-4,9-11H2,1H3,(H2,17,18,19). The maximum absolute atomic E-state index is 11.7. The lowest BCUT2D eigenvalue weighted by molar-refractivity contribution is 0.238. The molecule has 1 fully saturated rings. The third kappa shape index (κ3) is 4.74. The van der Waals surface area contributed by atoms with E-state index in [-0.39, 0.29) is 6.03 Å². The molecule has 0 aliphatic carbocycles. The summed E-state index contributed by atoms with van der Waals surface area (Å²) in [7, 11) is 1.64. The second kappa shape index (κ2) is 7.75. The molecule has 0 spiro atoms. The van der Waals surface area contributed by atoms with E-state index in [0.29, 0.717) is 19.1 Å². The van der Waals surface area contributed by atoms with E-state index >= 15 is 0 Å². The van der Waals surface area contributed by atoms with Crippen LogP contribution in [0, 0.1) is 0 Å². The zero-order valence-corrected chi connectivity index (χ0v) is 11.9. The maximum Gasteiger partial charge on any atom is 0.315 e. The number of piperidine rings is 1. The van der Waals surface area contributed by atoms with Gasteiger partial charge in [0.25, 0.3) is 0 Å². The van der Waals surface area contributed by atoms with E-state index in [1.165, 1.54) is 12.8 Å². The molecule has 1 heterocycles. The number of hydrogen-bond donors (Lipinski definition) is 3. The second-order valence-electron chi connectivity index (χ2n) is 5.06. The summed E-state index contributed by atoms with van der Waals surface area (Å²) >= 11 is 0. The van der Waals surface area contributed by atoms with E-state index in [0.717, 1.165) is 24.3 Å². The molecular weight excluding hydrogens is 254 g/mol. The van der Waals surface area contributed by atoms with E-state index in [1.54, 1.807) is 7.11 Å². The molecule has 5 nitrogen and oxygen atoms in total. The van der Waals surface area contributed by atoms with Crippen molar-refractivity contribution in [1.29, 1.82) is 0 Å². The molecule has 2 rings (SSSR count). The minimum Gasteiger partial charge on any atom is -0.497 e. The molecule has 0 aromatic heterocycles. The fourth-order valence-corrected chi connectivity index (χ4v) is 2.30. The number of ether oxygens (including phenoxy) is 1. The smallest absolute Gasteiger partial charge is 0.315 e. The van der Waals surface area contributed by atoms with Gasteiger partial charge in [0.1, 0.15) is 5.75 Å². The zero-order valence-electron chi connectivity index (χ0n) is 11.9. The molecular formula is C15H23N3O2. The summed E-state index contributed by atoms with van der Waals surface area (Å²) in [6.45, 7) is 2.27. The largest absolute Gasteiger partial charge is 0.497 e. The quantitative estimate of drug-likeness (QED) is 0.766. The van der Waals surface area contributed by atoms with Crippen molar-refractivity contribution in [3.63, 3.8) is 0 Å². The zero-order chi connectivity index (χ0) is 14.2. The Morgan fingerprint density at radius 1 is 1.30 bits per heavy atom. The lowest BCUT2D eigenvalue weighted by Gasteiger charge is -2.23. The summed E-state index contributed by atoms with van der Waals surface area (Å²) in [4.78, 5) is 11.7. The molecule has 0 bridgehead atoms. The monoisotopic (exact) mass is 277 g/mol. The Bertz CT molecular complexity index is 414. The third-order valence-electron chi connectivity index (χ3n) is 3.53. The summed E-state index contributed by atoms with van der Waals surface area (Å²) in [5.74, 6) is 0.821. The molecule has 110 valence electrons.